The molecule has 1 aliphatic rings. The minimum absolute atomic E-state index is 0.111. The molecule has 104 valence electrons. The number of morpholine rings is 1. The predicted octanol–water partition coefficient (Wildman–Crippen LogP) is 0.523. The summed E-state index contributed by atoms with van der Waals surface area (Å²) in [7, 11) is 0. The average molecular weight is 272 g/mol. The van der Waals surface area contributed by atoms with Gasteiger partial charge < -0.3 is 9.64 Å². The average Bonchev–Trinajstić information content (AvgIpc) is 2.51. The fourth-order valence-electron chi connectivity index (χ4n) is 2.18. The van der Waals surface area contributed by atoms with Gasteiger partial charge in [-0.2, -0.15) is 5.10 Å². The Bertz CT molecular complexity index is 621. The van der Waals surface area contributed by atoms with Crippen LogP contribution >= 0.6 is 0 Å². The summed E-state index contributed by atoms with van der Waals surface area (Å²) in [5.74, 6) is 0. The lowest BCUT2D eigenvalue weighted by molar-refractivity contribution is 0.122. The van der Waals surface area contributed by atoms with Gasteiger partial charge in [0.1, 0.15) is 0 Å². The highest BCUT2D eigenvalue weighted by atomic mass is 16.5. The molecule has 0 aromatic carbocycles. The summed E-state index contributed by atoms with van der Waals surface area (Å²) in [6.45, 7) is 3.37. The molecule has 0 unspecified atom stereocenters. The van der Waals surface area contributed by atoms with Crippen LogP contribution in [0.1, 0.15) is 5.69 Å². The number of nitrogens with zero attached hydrogens (tertiary/aromatic N) is 4. The summed E-state index contributed by atoms with van der Waals surface area (Å²) in [6, 6.07) is 7.25. The molecule has 2 aromatic heterocycles. The number of ether oxygens (including phenoxy) is 1. The second-order valence-electron chi connectivity index (χ2n) is 4.63. The molecule has 3 heterocycles. The zero-order valence-electron chi connectivity index (χ0n) is 11.1. The van der Waals surface area contributed by atoms with Crippen LogP contribution in [0.3, 0.4) is 0 Å². The minimum Gasteiger partial charge on any atom is -0.378 e. The number of rotatable bonds is 3. The van der Waals surface area contributed by atoms with E-state index in [9.17, 15) is 4.79 Å². The number of pyridine rings is 1. The first-order chi connectivity index (χ1) is 9.83. The van der Waals surface area contributed by atoms with Crippen molar-refractivity contribution in [1.82, 2.24) is 14.8 Å². The van der Waals surface area contributed by atoms with Crippen LogP contribution in [0, 0.1) is 0 Å². The zero-order chi connectivity index (χ0) is 13.8. The largest absolute Gasteiger partial charge is 0.378 e. The molecule has 0 spiro atoms. The second kappa shape index (κ2) is 5.83. The molecular formula is C14H16N4O2. The van der Waals surface area contributed by atoms with Crippen LogP contribution in [-0.2, 0) is 11.3 Å². The smallest absolute Gasteiger partial charge is 0.269 e. The molecule has 0 aliphatic carbocycles. The predicted molar refractivity (Wildman–Crippen MR) is 74.9 cm³/mol. The van der Waals surface area contributed by atoms with Crippen molar-refractivity contribution in [3.05, 3.63) is 52.7 Å². The van der Waals surface area contributed by atoms with Crippen molar-refractivity contribution in [2.24, 2.45) is 0 Å². The molecule has 6 nitrogen and oxygen atoms in total. The molecule has 1 saturated heterocycles. The minimum atomic E-state index is -0.111. The van der Waals surface area contributed by atoms with Crippen molar-refractivity contribution < 1.29 is 4.74 Å². The van der Waals surface area contributed by atoms with Crippen LogP contribution in [0.15, 0.2) is 41.5 Å². The Morgan fingerprint density at radius 1 is 1.25 bits per heavy atom. The molecular weight excluding hydrogens is 256 g/mol. The van der Waals surface area contributed by atoms with E-state index in [2.05, 4.69) is 15.0 Å². The summed E-state index contributed by atoms with van der Waals surface area (Å²) in [5, 5.41) is 4.23. The van der Waals surface area contributed by atoms with E-state index in [-0.39, 0.29) is 5.56 Å². The Kier molecular flexibility index (Phi) is 3.73. The van der Waals surface area contributed by atoms with Crippen LogP contribution < -0.4 is 10.5 Å². The quantitative estimate of drug-likeness (QED) is 0.815. The van der Waals surface area contributed by atoms with Crippen molar-refractivity contribution in [1.29, 1.82) is 0 Å². The number of hydrogen-bond donors (Lipinski definition) is 0. The lowest BCUT2D eigenvalue weighted by Gasteiger charge is -2.28. The first kappa shape index (κ1) is 12.8. The third-order valence-corrected chi connectivity index (χ3v) is 3.27. The molecule has 0 N–H and O–H groups in total. The Morgan fingerprint density at radius 2 is 2.10 bits per heavy atom. The molecule has 0 bridgehead atoms. The highest BCUT2D eigenvalue weighted by Crippen LogP contribution is 2.11. The molecule has 1 fully saturated rings. The summed E-state index contributed by atoms with van der Waals surface area (Å²) in [5.41, 5.74) is 1.57. The summed E-state index contributed by atoms with van der Waals surface area (Å²) >= 11 is 0. The molecule has 2 aromatic rings. The third kappa shape index (κ3) is 2.85. The maximum atomic E-state index is 12.1. The lowest BCUT2D eigenvalue weighted by Crippen LogP contribution is -2.37. The van der Waals surface area contributed by atoms with E-state index in [1.54, 1.807) is 18.5 Å². The molecule has 0 radical (unpaired) electrons. The number of aromatic nitrogens is 3. The fourth-order valence-corrected chi connectivity index (χ4v) is 2.18. The Morgan fingerprint density at radius 3 is 2.80 bits per heavy atom. The molecule has 0 amide bonds. The van der Waals surface area contributed by atoms with Gasteiger partial charge in [-0.25, -0.2) is 4.68 Å². The van der Waals surface area contributed by atoms with Crippen LogP contribution in [-0.4, -0.2) is 41.1 Å². The van der Waals surface area contributed by atoms with Crippen molar-refractivity contribution in [3.63, 3.8) is 0 Å². The monoisotopic (exact) mass is 272 g/mol. The van der Waals surface area contributed by atoms with Gasteiger partial charge in [0.2, 0.25) is 0 Å². The van der Waals surface area contributed by atoms with E-state index in [4.69, 9.17) is 4.74 Å². The number of anilines is 1. The first-order valence-electron chi connectivity index (χ1n) is 6.63. The first-order valence-corrected chi connectivity index (χ1v) is 6.63. The molecule has 0 atom stereocenters. The van der Waals surface area contributed by atoms with Gasteiger partial charge in [0.15, 0.2) is 0 Å². The summed E-state index contributed by atoms with van der Waals surface area (Å²) in [4.78, 5) is 18.4. The highest BCUT2D eigenvalue weighted by molar-refractivity contribution is 5.43. The molecule has 0 saturated carbocycles. The van der Waals surface area contributed by atoms with Gasteiger partial charge in [-0.1, -0.05) is 6.07 Å². The van der Waals surface area contributed by atoms with E-state index in [0.29, 0.717) is 19.8 Å². The van der Waals surface area contributed by atoms with Gasteiger partial charge >= 0.3 is 0 Å². The van der Waals surface area contributed by atoms with Gasteiger partial charge in [-0.15, -0.1) is 0 Å². The lowest BCUT2D eigenvalue weighted by atomic mass is 10.3. The van der Waals surface area contributed by atoms with Crippen LogP contribution in [0.2, 0.25) is 0 Å². The SMILES string of the molecule is O=c1cc(N2CCOCC2)cnn1Cc1ccccn1. The number of hydrogen-bond acceptors (Lipinski definition) is 5. The van der Waals surface area contributed by atoms with E-state index >= 15 is 0 Å². The van der Waals surface area contributed by atoms with Gasteiger partial charge in [-0.05, 0) is 12.1 Å². The van der Waals surface area contributed by atoms with Gasteiger partial charge in [-0.3, -0.25) is 9.78 Å². The van der Waals surface area contributed by atoms with E-state index in [1.807, 2.05) is 18.2 Å². The Hall–Kier alpha value is -2.21. The maximum Gasteiger partial charge on any atom is 0.269 e. The van der Waals surface area contributed by atoms with Gasteiger partial charge in [0.25, 0.3) is 5.56 Å². The molecule has 3 rings (SSSR count). The standard InChI is InChI=1S/C14H16N4O2/c19-14-9-13(17-5-7-20-8-6-17)10-16-18(14)11-12-3-1-2-4-15-12/h1-4,9-10H,5-8,11H2. The van der Waals surface area contributed by atoms with Crippen molar-refractivity contribution in [2.75, 3.05) is 31.2 Å². The van der Waals surface area contributed by atoms with E-state index in [0.717, 1.165) is 24.5 Å². The van der Waals surface area contributed by atoms with Crippen LogP contribution in [0.4, 0.5) is 5.69 Å². The second-order valence-corrected chi connectivity index (χ2v) is 4.63. The van der Waals surface area contributed by atoms with E-state index < -0.39 is 0 Å². The fraction of sp³-hybridized carbons (Fsp3) is 0.357. The molecule has 6 heteroatoms. The Labute approximate surface area is 116 Å². The normalized spacial score (nSPS) is 15.3. The van der Waals surface area contributed by atoms with Crippen LogP contribution in [0.25, 0.3) is 0 Å². The highest BCUT2D eigenvalue weighted by Gasteiger charge is 2.12. The van der Waals surface area contributed by atoms with Crippen LogP contribution in [0.5, 0.6) is 0 Å². The topological polar surface area (TPSA) is 60.3 Å². The van der Waals surface area contributed by atoms with Crippen molar-refractivity contribution in [2.45, 2.75) is 6.54 Å². The van der Waals surface area contributed by atoms with E-state index in [1.165, 1.54) is 4.68 Å². The molecule has 20 heavy (non-hydrogen) atoms. The summed E-state index contributed by atoms with van der Waals surface area (Å²) in [6.07, 6.45) is 3.44. The zero-order valence-corrected chi connectivity index (χ0v) is 11.1. The Balaban J connectivity index is 1.79. The molecule has 1 aliphatic heterocycles. The third-order valence-electron chi connectivity index (χ3n) is 3.27. The van der Waals surface area contributed by atoms with Gasteiger partial charge in [0, 0.05) is 25.4 Å². The summed E-state index contributed by atoms with van der Waals surface area (Å²) < 4.78 is 6.72. The van der Waals surface area contributed by atoms with Gasteiger partial charge in [0.05, 0.1) is 37.3 Å². The maximum absolute atomic E-state index is 12.1. The van der Waals surface area contributed by atoms with Crippen molar-refractivity contribution in [3.8, 4) is 0 Å². The van der Waals surface area contributed by atoms with Crippen molar-refractivity contribution >= 4 is 5.69 Å².